The molecule has 0 radical (unpaired) electrons. The highest BCUT2D eigenvalue weighted by molar-refractivity contribution is 5.92. The third-order valence-corrected chi connectivity index (χ3v) is 2.13. The third-order valence-electron chi connectivity index (χ3n) is 2.13. The molecule has 0 aliphatic heterocycles. The number of carbonyl (C=O) groups excluding carboxylic acids is 2. The lowest BCUT2D eigenvalue weighted by Crippen LogP contribution is -2.33. The van der Waals surface area contributed by atoms with Gasteiger partial charge in [0, 0.05) is 5.56 Å². The van der Waals surface area contributed by atoms with Crippen molar-refractivity contribution in [2.45, 2.75) is 12.2 Å². The Labute approximate surface area is 91.5 Å². The van der Waals surface area contributed by atoms with E-state index in [1.54, 1.807) is 0 Å². The van der Waals surface area contributed by atoms with Crippen molar-refractivity contribution in [1.82, 2.24) is 0 Å². The summed E-state index contributed by atoms with van der Waals surface area (Å²) < 4.78 is 0. The molecule has 6 N–H and O–H groups in total. The summed E-state index contributed by atoms with van der Waals surface area (Å²) in [6.07, 6.45) is -3.10. The van der Waals surface area contributed by atoms with Crippen LogP contribution in [0.4, 0.5) is 0 Å². The molecule has 0 bridgehead atoms. The summed E-state index contributed by atoms with van der Waals surface area (Å²) in [6, 6.07) is 5.54. The number of amides is 2. The molecule has 0 saturated carbocycles. The molecule has 0 saturated heterocycles. The zero-order valence-corrected chi connectivity index (χ0v) is 8.33. The van der Waals surface area contributed by atoms with Crippen molar-refractivity contribution in [1.29, 1.82) is 0 Å². The van der Waals surface area contributed by atoms with E-state index in [4.69, 9.17) is 11.5 Å². The second kappa shape index (κ2) is 4.73. The maximum atomic E-state index is 10.8. The second-order valence-corrected chi connectivity index (χ2v) is 3.28. The van der Waals surface area contributed by atoms with E-state index < -0.39 is 24.0 Å². The lowest BCUT2D eigenvalue weighted by Gasteiger charge is -2.15. The molecule has 16 heavy (non-hydrogen) atoms. The van der Waals surface area contributed by atoms with Gasteiger partial charge in [-0.25, -0.2) is 0 Å². The number of aliphatic hydroxyl groups excluding tert-OH is 2. The zero-order valence-electron chi connectivity index (χ0n) is 8.33. The fourth-order valence-electron chi connectivity index (χ4n) is 1.18. The molecule has 6 heteroatoms. The van der Waals surface area contributed by atoms with Crippen molar-refractivity contribution in [3.8, 4) is 0 Å². The van der Waals surface area contributed by atoms with Crippen LogP contribution in [0.15, 0.2) is 24.3 Å². The minimum absolute atomic E-state index is 0.268. The molecule has 0 aliphatic carbocycles. The average molecular weight is 224 g/mol. The summed E-state index contributed by atoms with van der Waals surface area (Å²) in [7, 11) is 0. The van der Waals surface area contributed by atoms with Crippen LogP contribution >= 0.6 is 0 Å². The summed E-state index contributed by atoms with van der Waals surface area (Å²) in [5.41, 5.74) is 10.4. The van der Waals surface area contributed by atoms with Crippen molar-refractivity contribution < 1.29 is 19.8 Å². The van der Waals surface area contributed by atoms with Gasteiger partial charge in [0.05, 0.1) is 0 Å². The molecule has 6 nitrogen and oxygen atoms in total. The van der Waals surface area contributed by atoms with Gasteiger partial charge in [0.1, 0.15) is 6.10 Å². The third kappa shape index (κ3) is 2.56. The van der Waals surface area contributed by atoms with Gasteiger partial charge in [-0.2, -0.15) is 0 Å². The molecule has 0 spiro atoms. The summed E-state index contributed by atoms with van der Waals surface area (Å²) in [5.74, 6) is -1.62. The van der Waals surface area contributed by atoms with E-state index in [0.29, 0.717) is 0 Å². The average Bonchev–Trinajstić information content (AvgIpc) is 2.27. The maximum absolute atomic E-state index is 10.8. The van der Waals surface area contributed by atoms with Crippen molar-refractivity contribution >= 4 is 11.8 Å². The van der Waals surface area contributed by atoms with Crippen LogP contribution in [0.3, 0.4) is 0 Å². The second-order valence-electron chi connectivity index (χ2n) is 3.28. The van der Waals surface area contributed by atoms with E-state index in [9.17, 15) is 19.8 Å². The quantitative estimate of drug-likeness (QED) is 0.505. The van der Waals surface area contributed by atoms with Gasteiger partial charge < -0.3 is 21.7 Å². The standard InChI is InChI=1S/C10H12N2O4/c11-9(15)6-3-1-5(2-4-6)7(13)8(14)10(12)16/h1-4,7-8,13-14H,(H2,11,15)(H2,12,16). The van der Waals surface area contributed by atoms with E-state index in [2.05, 4.69) is 0 Å². The van der Waals surface area contributed by atoms with Gasteiger partial charge in [0.15, 0.2) is 6.10 Å². The molecule has 2 amide bonds. The highest BCUT2D eigenvalue weighted by atomic mass is 16.3. The molecule has 0 aliphatic rings. The van der Waals surface area contributed by atoms with Gasteiger partial charge in [-0.1, -0.05) is 12.1 Å². The molecule has 2 unspecified atom stereocenters. The molecule has 1 aromatic rings. The van der Waals surface area contributed by atoms with Crippen molar-refractivity contribution in [3.05, 3.63) is 35.4 Å². The fourth-order valence-corrected chi connectivity index (χ4v) is 1.18. The Kier molecular flexibility index (Phi) is 3.60. The molecular weight excluding hydrogens is 212 g/mol. The Morgan fingerprint density at radius 3 is 1.94 bits per heavy atom. The first-order valence-corrected chi connectivity index (χ1v) is 4.48. The van der Waals surface area contributed by atoms with E-state index in [-0.39, 0.29) is 11.1 Å². The first kappa shape index (κ1) is 12.2. The van der Waals surface area contributed by atoms with Crippen LogP contribution in [-0.2, 0) is 4.79 Å². The van der Waals surface area contributed by atoms with E-state index in [1.807, 2.05) is 0 Å². The molecule has 1 aromatic carbocycles. The molecule has 0 heterocycles. The molecule has 2 atom stereocenters. The van der Waals surface area contributed by atoms with Crippen LogP contribution in [0, 0.1) is 0 Å². The monoisotopic (exact) mass is 224 g/mol. The van der Waals surface area contributed by atoms with Gasteiger partial charge in [0.25, 0.3) is 0 Å². The Morgan fingerprint density at radius 1 is 1.06 bits per heavy atom. The Morgan fingerprint density at radius 2 is 1.56 bits per heavy atom. The highest BCUT2D eigenvalue weighted by Crippen LogP contribution is 2.17. The van der Waals surface area contributed by atoms with Gasteiger partial charge in [-0.05, 0) is 17.7 Å². The summed E-state index contributed by atoms with van der Waals surface area (Å²) >= 11 is 0. The lowest BCUT2D eigenvalue weighted by molar-refractivity contribution is -0.131. The highest BCUT2D eigenvalue weighted by Gasteiger charge is 2.23. The topological polar surface area (TPSA) is 127 Å². The Hall–Kier alpha value is -1.92. The van der Waals surface area contributed by atoms with Crippen LogP contribution in [0.2, 0.25) is 0 Å². The minimum Gasteiger partial charge on any atom is -0.385 e. The summed E-state index contributed by atoms with van der Waals surface area (Å²) in [4.78, 5) is 21.4. The summed E-state index contributed by atoms with van der Waals surface area (Å²) in [5, 5.41) is 18.7. The van der Waals surface area contributed by atoms with Gasteiger partial charge in [-0.3, -0.25) is 9.59 Å². The number of hydrogen-bond acceptors (Lipinski definition) is 4. The van der Waals surface area contributed by atoms with Crippen molar-refractivity contribution in [3.63, 3.8) is 0 Å². The first-order valence-electron chi connectivity index (χ1n) is 4.48. The Balaban J connectivity index is 2.89. The van der Waals surface area contributed by atoms with Gasteiger partial charge >= 0.3 is 0 Å². The number of nitrogens with two attached hydrogens (primary N) is 2. The maximum Gasteiger partial charge on any atom is 0.249 e. The molecule has 1 rings (SSSR count). The van der Waals surface area contributed by atoms with Gasteiger partial charge in [0.2, 0.25) is 11.8 Å². The van der Waals surface area contributed by atoms with Crippen molar-refractivity contribution in [2.24, 2.45) is 11.5 Å². The predicted molar refractivity (Wildman–Crippen MR) is 55.1 cm³/mol. The summed E-state index contributed by atoms with van der Waals surface area (Å²) in [6.45, 7) is 0. The number of primary amides is 2. The number of rotatable bonds is 4. The largest absolute Gasteiger partial charge is 0.385 e. The fraction of sp³-hybridized carbons (Fsp3) is 0.200. The van der Waals surface area contributed by atoms with Crippen molar-refractivity contribution in [2.75, 3.05) is 0 Å². The predicted octanol–water partition coefficient (Wildman–Crippen LogP) is -1.33. The van der Waals surface area contributed by atoms with Crippen LogP contribution in [0.25, 0.3) is 0 Å². The molecule has 0 fully saturated rings. The van der Waals surface area contributed by atoms with Crippen LogP contribution in [0.5, 0.6) is 0 Å². The molecule has 86 valence electrons. The Bertz CT molecular complexity index is 402. The first-order chi connectivity index (χ1) is 7.43. The SMILES string of the molecule is NC(=O)c1ccc(C(O)C(O)C(N)=O)cc1. The van der Waals surface area contributed by atoms with Crippen LogP contribution in [-0.4, -0.2) is 28.1 Å². The van der Waals surface area contributed by atoms with Crippen LogP contribution < -0.4 is 11.5 Å². The number of benzene rings is 1. The number of carbonyl (C=O) groups is 2. The van der Waals surface area contributed by atoms with E-state index >= 15 is 0 Å². The van der Waals surface area contributed by atoms with E-state index in [1.165, 1.54) is 24.3 Å². The lowest BCUT2D eigenvalue weighted by atomic mass is 10.0. The minimum atomic E-state index is -1.68. The smallest absolute Gasteiger partial charge is 0.249 e. The molecule has 0 aromatic heterocycles. The molecular formula is C10H12N2O4. The normalized spacial score (nSPS) is 14.1. The van der Waals surface area contributed by atoms with E-state index in [0.717, 1.165) is 0 Å². The number of hydrogen-bond donors (Lipinski definition) is 4. The van der Waals surface area contributed by atoms with Gasteiger partial charge in [-0.15, -0.1) is 0 Å². The number of aliphatic hydroxyl groups is 2. The van der Waals surface area contributed by atoms with Crippen LogP contribution in [0.1, 0.15) is 22.0 Å². The zero-order chi connectivity index (χ0) is 12.3.